The van der Waals surface area contributed by atoms with Gasteiger partial charge < -0.3 is 5.73 Å². The molecule has 0 bridgehead atoms. The van der Waals surface area contributed by atoms with E-state index in [1.165, 1.54) is 0 Å². The first-order chi connectivity index (χ1) is 7.88. The first kappa shape index (κ1) is 12.6. The van der Waals surface area contributed by atoms with Crippen molar-refractivity contribution in [2.75, 3.05) is 5.73 Å². The Morgan fingerprint density at radius 3 is 2.24 bits per heavy atom. The van der Waals surface area contributed by atoms with Crippen LogP contribution in [0.2, 0.25) is 0 Å². The number of anilines is 1. The van der Waals surface area contributed by atoms with E-state index >= 15 is 0 Å². The molecule has 0 fully saturated rings. The monoisotopic (exact) mass is 237 g/mol. The molecule has 0 radical (unpaired) electrons. The summed E-state index contributed by atoms with van der Waals surface area (Å²) in [5.41, 5.74) is 4.38. The quantitative estimate of drug-likeness (QED) is 0.602. The number of nitrogens with zero attached hydrogens (tertiary/aromatic N) is 2. The minimum absolute atomic E-state index is 0.136. The Balaban J connectivity index is 3.22. The predicted octanol–water partition coefficient (Wildman–Crippen LogP) is 2.72. The first-order valence-electron chi connectivity index (χ1n) is 4.37. The SMILES string of the molecule is N#CC(C#N)=Cc1ccc(C(F)(F)F)cc1N. The highest BCUT2D eigenvalue weighted by Crippen LogP contribution is 2.31. The highest BCUT2D eigenvalue weighted by molar-refractivity contribution is 5.71. The number of hydrogen-bond acceptors (Lipinski definition) is 3. The fourth-order valence-corrected chi connectivity index (χ4v) is 1.13. The Kier molecular flexibility index (Phi) is 3.40. The minimum Gasteiger partial charge on any atom is -0.398 e. The van der Waals surface area contributed by atoms with Gasteiger partial charge in [0.05, 0.1) is 5.56 Å². The van der Waals surface area contributed by atoms with Crippen molar-refractivity contribution in [3.05, 3.63) is 34.9 Å². The number of hydrogen-bond donors (Lipinski definition) is 1. The van der Waals surface area contributed by atoms with Crippen LogP contribution in [-0.4, -0.2) is 0 Å². The Hall–Kier alpha value is -2.47. The molecular formula is C11H6F3N3. The molecule has 0 spiro atoms. The summed E-state index contributed by atoms with van der Waals surface area (Å²) in [6.45, 7) is 0. The zero-order chi connectivity index (χ0) is 13.1. The molecule has 0 aliphatic carbocycles. The molecule has 0 saturated heterocycles. The maximum atomic E-state index is 12.3. The Morgan fingerprint density at radius 2 is 1.82 bits per heavy atom. The van der Waals surface area contributed by atoms with Crippen LogP contribution >= 0.6 is 0 Å². The summed E-state index contributed by atoms with van der Waals surface area (Å²) in [7, 11) is 0. The van der Waals surface area contributed by atoms with Crippen molar-refractivity contribution in [2.24, 2.45) is 0 Å². The van der Waals surface area contributed by atoms with Crippen molar-refractivity contribution in [1.82, 2.24) is 0 Å². The molecule has 0 aromatic heterocycles. The van der Waals surface area contributed by atoms with Gasteiger partial charge in [-0.05, 0) is 23.8 Å². The van der Waals surface area contributed by atoms with Crippen LogP contribution in [-0.2, 0) is 6.18 Å². The smallest absolute Gasteiger partial charge is 0.398 e. The lowest BCUT2D eigenvalue weighted by molar-refractivity contribution is -0.137. The van der Waals surface area contributed by atoms with E-state index in [1.807, 2.05) is 0 Å². The van der Waals surface area contributed by atoms with Crippen LogP contribution in [0, 0.1) is 22.7 Å². The van der Waals surface area contributed by atoms with Crippen LogP contribution in [0.4, 0.5) is 18.9 Å². The fraction of sp³-hybridized carbons (Fsp3) is 0.0909. The van der Waals surface area contributed by atoms with E-state index in [9.17, 15) is 13.2 Å². The number of rotatable bonds is 1. The van der Waals surface area contributed by atoms with E-state index < -0.39 is 11.7 Å². The molecule has 0 heterocycles. The van der Waals surface area contributed by atoms with Crippen molar-refractivity contribution in [3.8, 4) is 12.1 Å². The van der Waals surface area contributed by atoms with E-state index in [0.29, 0.717) is 0 Å². The lowest BCUT2D eigenvalue weighted by atomic mass is 10.1. The number of halogens is 3. The van der Waals surface area contributed by atoms with Gasteiger partial charge in [-0.25, -0.2) is 0 Å². The Morgan fingerprint density at radius 1 is 1.24 bits per heavy atom. The molecule has 0 aliphatic heterocycles. The maximum absolute atomic E-state index is 12.3. The van der Waals surface area contributed by atoms with Gasteiger partial charge in [-0.2, -0.15) is 23.7 Å². The van der Waals surface area contributed by atoms with Crippen LogP contribution in [0.25, 0.3) is 6.08 Å². The lowest BCUT2D eigenvalue weighted by Gasteiger charge is -2.08. The molecule has 3 nitrogen and oxygen atoms in total. The number of alkyl halides is 3. The number of nitrogens with two attached hydrogens (primary N) is 1. The molecule has 1 rings (SSSR count). The molecular weight excluding hydrogens is 231 g/mol. The molecule has 0 amide bonds. The largest absolute Gasteiger partial charge is 0.416 e. The van der Waals surface area contributed by atoms with Crippen molar-refractivity contribution in [2.45, 2.75) is 6.18 Å². The second kappa shape index (κ2) is 4.58. The lowest BCUT2D eigenvalue weighted by Crippen LogP contribution is -2.06. The van der Waals surface area contributed by atoms with Gasteiger partial charge in [0.25, 0.3) is 0 Å². The molecule has 0 atom stereocenters. The Bertz CT molecular complexity index is 529. The van der Waals surface area contributed by atoms with Gasteiger partial charge in [-0.1, -0.05) is 6.07 Å². The molecule has 0 unspecified atom stereocenters. The van der Waals surface area contributed by atoms with Gasteiger partial charge in [0.1, 0.15) is 17.7 Å². The molecule has 1 aromatic carbocycles. The zero-order valence-electron chi connectivity index (χ0n) is 8.42. The van der Waals surface area contributed by atoms with Crippen molar-refractivity contribution in [3.63, 3.8) is 0 Å². The number of allylic oxidation sites excluding steroid dienone is 1. The summed E-state index contributed by atoms with van der Waals surface area (Å²) in [5, 5.41) is 17.0. The minimum atomic E-state index is -4.47. The summed E-state index contributed by atoms with van der Waals surface area (Å²) in [4.78, 5) is 0. The number of nitriles is 2. The van der Waals surface area contributed by atoms with Crippen LogP contribution in [0.1, 0.15) is 11.1 Å². The van der Waals surface area contributed by atoms with Crippen LogP contribution < -0.4 is 5.73 Å². The van der Waals surface area contributed by atoms with Gasteiger partial charge >= 0.3 is 6.18 Å². The highest BCUT2D eigenvalue weighted by atomic mass is 19.4. The normalized spacial score (nSPS) is 10.2. The van der Waals surface area contributed by atoms with E-state index in [1.54, 1.807) is 12.1 Å². The standard InChI is InChI=1S/C11H6F3N3/c12-11(13,14)9-2-1-8(10(17)4-9)3-7(5-15)6-16/h1-4H,17H2. The van der Waals surface area contributed by atoms with Crippen molar-refractivity contribution < 1.29 is 13.2 Å². The maximum Gasteiger partial charge on any atom is 0.416 e. The third-order valence-electron chi connectivity index (χ3n) is 1.95. The zero-order valence-corrected chi connectivity index (χ0v) is 8.42. The second-order valence-corrected chi connectivity index (χ2v) is 3.12. The van der Waals surface area contributed by atoms with Crippen molar-refractivity contribution >= 4 is 11.8 Å². The van der Waals surface area contributed by atoms with Gasteiger partial charge in [-0.15, -0.1) is 0 Å². The summed E-state index contributed by atoms with van der Waals surface area (Å²) >= 11 is 0. The number of nitrogen functional groups attached to an aromatic ring is 1. The highest BCUT2D eigenvalue weighted by Gasteiger charge is 2.30. The average molecular weight is 237 g/mol. The first-order valence-corrected chi connectivity index (χ1v) is 4.37. The second-order valence-electron chi connectivity index (χ2n) is 3.12. The van der Waals surface area contributed by atoms with Gasteiger partial charge in [0, 0.05) is 5.69 Å². The van der Waals surface area contributed by atoms with E-state index in [2.05, 4.69) is 0 Å². The third-order valence-corrected chi connectivity index (χ3v) is 1.95. The molecule has 1 aromatic rings. The summed E-state index contributed by atoms with van der Waals surface area (Å²) < 4.78 is 37.0. The van der Waals surface area contributed by atoms with Gasteiger partial charge in [0.15, 0.2) is 0 Å². The van der Waals surface area contributed by atoms with Gasteiger partial charge in [0.2, 0.25) is 0 Å². The van der Waals surface area contributed by atoms with E-state index in [-0.39, 0.29) is 16.8 Å². The molecule has 2 N–H and O–H groups in total. The molecule has 17 heavy (non-hydrogen) atoms. The van der Waals surface area contributed by atoms with Crippen LogP contribution in [0.15, 0.2) is 23.8 Å². The molecule has 86 valence electrons. The topological polar surface area (TPSA) is 73.6 Å². The Labute approximate surface area is 95.2 Å². The van der Waals surface area contributed by atoms with Crippen LogP contribution in [0.3, 0.4) is 0 Å². The third kappa shape index (κ3) is 2.99. The summed E-state index contributed by atoms with van der Waals surface area (Å²) in [5.74, 6) is 0. The summed E-state index contributed by atoms with van der Waals surface area (Å²) in [6, 6.07) is 5.91. The number of benzene rings is 1. The van der Waals surface area contributed by atoms with Crippen LogP contribution in [0.5, 0.6) is 0 Å². The molecule has 0 aliphatic rings. The summed E-state index contributed by atoms with van der Waals surface area (Å²) in [6.07, 6.45) is -3.33. The fourth-order valence-electron chi connectivity index (χ4n) is 1.13. The molecule has 0 saturated carbocycles. The predicted molar refractivity (Wildman–Crippen MR) is 55.1 cm³/mol. The average Bonchev–Trinajstić information content (AvgIpc) is 2.26. The van der Waals surface area contributed by atoms with E-state index in [0.717, 1.165) is 24.3 Å². The van der Waals surface area contributed by atoms with Crippen molar-refractivity contribution in [1.29, 1.82) is 10.5 Å². The van der Waals surface area contributed by atoms with Gasteiger partial charge in [-0.3, -0.25) is 0 Å². The molecule has 6 heteroatoms. The van der Waals surface area contributed by atoms with E-state index in [4.69, 9.17) is 16.3 Å².